The Labute approximate surface area is 284 Å². The van der Waals surface area contributed by atoms with Gasteiger partial charge in [0.25, 0.3) is 0 Å². The molecule has 9 heteroatoms. The summed E-state index contributed by atoms with van der Waals surface area (Å²) in [7, 11) is 4.94. The standard InChI is InChI=1S/C39H49NO8/c1-42-26-33(41)27-46-25-32-21-40-22-38(48-23-28-19-30-9-4-6-11-35(30)37(20-28)44-3)39(32)29-13-15-34(16-14-29)47-18-8-17-45-24-31-10-5-7-12-36(31)43-2/h4-7,9-16,19-20,32-33,38-41H,8,17-18,21-27H2,1-3H3/t32?,33?,38-,39?/m0/s1. The lowest BCUT2D eigenvalue weighted by molar-refractivity contribution is -0.0449. The summed E-state index contributed by atoms with van der Waals surface area (Å²) in [6.07, 6.45) is 0.0124. The summed E-state index contributed by atoms with van der Waals surface area (Å²) in [4.78, 5) is 0. The van der Waals surface area contributed by atoms with Gasteiger partial charge in [-0.2, -0.15) is 0 Å². The highest BCUT2D eigenvalue weighted by Crippen LogP contribution is 2.35. The van der Waals surface area contributed by atoms with Gasteiger partial charge in [-0.05, 0) is 46.8 Å². The fourth-order valence-corrected chi connectivity index (χ4v) is 6.31. The van der Waals surface area contributed by atoms with E-state index in [1.165, 1.54) is 0 Å². The molecular formula is C39H49NO8. The lowest BCUT2D eigenvalue weighted by Crippen LogP contribution is -2.48. The molecule has 1 heterocycles. The number of para-hydroxylation sites is 1. The normalized spacial score (nSPS) is 18.5. The van der Waals surface area contributed by atoms with Crippen LogP contribution in [0.1, 0.15) is 29.0 Å². The van der Waals surface area contributed by atoms with Crippen molar-refractivity contribution in [3.05, 3.63) is 102 Å². The molecule has 3 unspecified atom stereocenters. The van der Waals surface area contributed by atoms with E-state index in [0.29, 0.717) is 39.6 Å². The van der Waals surface area contributed by atoms with Crippen LogP contribution >= 0.6 is 0 Å². The molecule has 9 nitrogen and oxygen atoms in total. The zero-order chi connectivity index (χ0) is 33.6. The molecule has 0 saturated carbocycles. The molecule has 0 bridgehead atoms. The van der Waals surface area contributed by atoms with Crippen LogP contribution in [0.3, 0.4) is 0 Å². The van der Waals surface area contributed by atoms with Crippen LogP contribution in [-0.4, -0.2) is 84.8 Å². The molecule has 4 aromatic carbocycles. The van der Waals surface area contributed by atoms with Crippen molar-refractivity contribution in [3.8, 4) is 17.2 Å². The molecule has 2 N–H and O–H groups in total. The molecule has 0 spiro atoms. The van der Waals surface area contributed by atoms with E-state index in [0.717, 1.165) is 57.7 Å². The Hall–Kier alpha value is -3.70. The van der Waals surface area contributed by atoms with Gasteiger partial charge in [0, 0.05) is 49.4 Å². The fraction of sp³-hybridized carbons (Fsp3) is 0.436. The van der Waals surface area contributed by atoms with Crippen LogP contribution in [0.2, 0.25) is 0 Å². The molecule has 1 aliphatic rings. The molecule has 258 valence electrons. The van der Waals surface area contributed by atoms with Gasteiger partial charge in [0.05, 0.1) is 66.6 Å². The molecule has 1 aliphatic heterocycles. The van der Waals surface area contributed by atoms with Crippen molar-refractivity contribution in [2.45, 2.75) is 37.8 Å². The SMILES string of the molecule is COCC(O)COCC1CNC[C@H](OCc2cc(OC)c3ccccc3c2)C1c1ccc(OCCCOCc2ccccc2OC)cc1. The maximum atomic E-state index is 10.1. The van der Waals surface area contributed by atoms with Crippen molar-refractivity contribution < 1.29 is 38.3 Å². The van der Waals surface area contributed by atoms with Gasteiger partial charge in [-0.25, -0.2) is 0 Å². The molecule has 0 amide bonds. The molecule has 4 aromatic rings. The minimum atomic E-state index is -0.664. The van der Waals surface area contributed by atoms with Crippen LogP contribution < -0.4 is 19.5 Å². The van der Waals surface area contributed by atoms with E-state index < -0.39 is 6.10 Å². The highest BCUT2D eigenvalue weighted by Gasteiger charge is 2.35. The van der Waals surface area contributed by atoms with Gasteiger partial charge < -0.3 is 43.6 Å². The second kappa shape index (κ2) is 18.7. The molecule has 0 radical (unpaired) electrons. The van der Waals surface area contributed by atoms with Crippen LogP contribution in [0.5, 0.6) is 17.2 Å². The number of nitrogens with one attached hydrogen (secondary N) is 1. The number of hydrogen-bond acceptors (Lipinski definition) is 9. The first-order valence-corrected chi connectivity index (χ1v) is 16.6. The van der Waals surface area contributed by atoms with Crippen LogP contribution in [-0.2, 0) is 32.2 Å². The summed E-state index contributed by atoms with van der Waals surface area (Å²) in [5.41, 5.74) is 3.25. The van der Waals surface area contributed by atoms with E-state index in [-0.39, 0.29) is 31.2 Å². The Balaban J connectivity index is 1.20. The van der Waals surface area contributed by atoms with Crippen molar-refractivity contribution in [2.24, 2.45) is 5.92 Å². The molecule has 1 fully saturated rings. The van der Waals surface area contributed by atoms with Crippen molar-refractivity contribution >= 4 is 10.8 Å². The summed E-state index contributed by atoms with van der Waals surface area (Å²) >= 11 is 0. The second-order valence-corrected chi connectivity index (χ2v) is 12.1. The van der Waals surface area contributed by atoms with E-state index in [1.807, 2.05) is 48.5 Å². The average molecular weight is 660 g/mol. The first-order chi connectivity index (χ1) is 23.6. The van der Waals surface area contributed by atoms with Gasteiger partial charge in [0.2, 0.25) is 0 Å². The van der Waals surface area contributed by atoms with Gasteiger partial charge in [-0.15, -0.1) is 0 Å². The maximum absolute atomic E-state index is 10.1. The van der Waals surface area contributed by atoms with Crippen molar-refractivity contribution in [3.63, 3.8) is 0 Å². The number of fused-ring (bicyclic) bond motifs is 1. The Morgan fingerprint density at radius 2 is 1.58 bits per heavy atom. The van der Waals surface area contributed by atoms with Gasteiger partial charge in [0.1, 0.15) is 23.4 Å². The number of piperidine rings is 1. The lowest BCUT2D eigenvalue weighted by atomic mass is 9.79. The van der Waals surface area contributed by atoms with Gasteiger partial charge in [0.15, 0.2) is 0 Å². The molecular weight excluding hydrogens is 610 g/mol. The first-order valence-electron chi connectivity index (χ1n) is 16.6. The van der Waals surface area contributed by atoms with Crippen LogP contribution in [0.15, 0.2) is 84.9 Å². The molecule has 0 aromatic heterocycles. The third-order valence-electron chi connectivity index (χ3n) is 8.65. The number of benzene rings is 4. The number of aliphatic hydroxyl groups is 1. The summed E-state index contributed by atoms with van der Waals surface area (Å²) in [5, 5.41) is 15.9. The predicted octanol–water partition coefficient (Wildman–Crippen LogP) is 5.76. The van der Waals surface area contributed by atoms with Crippen molar-refractivity contribution in [1.29, 1.82) is 0 Å². The minimum Gasteiger partial charge on any atom is -0.496 e. The van der Waals surface area contributed by atoms with Crippen molar-refractivity contribution in [2.75, 3.05) is 67.5 Å². The summed E-state index contributed by atoms with van der Waals surface area (Å²) in [5.74, 6) is 2.70. The number of aliphatic hydroxyl groups excluding tert-OH is 1. The average Bonchev–Trinajstić information content (AvgIpc) is 3.12. The van der Waals surface area contributed by atoms with Gasteiger partial charge >= 0.3 is 0 Å². The van der Waals surface area contributed by atoms with Gasteiger partial charge in [-0.3, -0.25) is 0 Å². The third kappa shape index (κ3) is 9.92. The summed E-state index contributed by atoms with van der Waals surface area (Å²) in [6, 6.07) is 28.6. The highest BCUT2D eigenvalue weighted by atomic mass is 16.5. The topological polar surface area (TPSA) is 96.9 Å². The Morgan fingerprint density at radius 1 is 0.792 bits per heavy atom. The summed E-state index contributed by atoms with van der Waals surface area (Å²) < 4.78 is 40.7. The zero-order valence-corrected chi connectivity index (χ0v) is 28.3. The third-order valence-corrected chi connectivity index (χ3v) is 8.65. The molecule has 1 saturated heterocycles. The highest BCUT2D eigenvalue weighted by molar-refractivity contribution is 5.89. The van der Waals surface area contributed by atoms with E-state index in [1.54, 1.807) is 21.3 Å². The molecule has 0 aliphatic carbocycles. The zero-order valence-electron chi connectivity index (χ0n) is 28.3. The Bertz CT molecular complexity index is 1530. The molecule has 5 rings (SSSR count). The van der Waals surface area contributed by atoms with E-state index >= 15 is 0 Å². The van der Waals surface area contributed by atoms with Crippen LogP contribution in [0, 0.1) is 5.92 Å². The van der Waals surface area contributed by atoms with Crippen molar-refractivity contribution in [1.82, 2.24) is 5.32 Å². The number of ether oxygens (including phenoxy) is 7. The predicted molar refractivity (Wildman–Crippen MR) is 186 cm³/mol. The Kier molecular flexibility index (Phi) is 13.9. The molecule has 48 heavy (non-hydrogen) atoms. The van der Waals surface area contributed by atoms with E-state index in [9.17, 15) is 5.11 Å². The number of rotatable bonds is 19. The number of hydrogen-bond donors (Lipinski definition) is 2. The molecule has 4 atom stereocenters. The largest absolute Gasteiger partial charge is 0.496 e. The van der Waals surface area contributed by atoms with Gasteiger partial charge in [-0.1, -0.05) is 54.6 Å². The monoisotopic (exact) mass is 659 g/mol. The van der Waals surface area contributed by atoms with E-state index in [2.05, 4.69) is 41.7 Å². The summed E-state index contributed by atoms with van der Waals surface area (Å²) in [6.45, 7) is 4.53. The maximum Gasteiger partial charge on any atom is 0.127 e. The fourth-order valence-electron chi connectivity index (χ4n) is 6.31. The van der Waals surface area contributed by atoms with Crippen LogP contribution in [0.25, 0.3) is 10.8 Å². The lowest BCUT2D eigenvalue weighted by Gasteiger charge is -2.39. The number of methoxy groups -OCH3 is 3. The first kappa shape index (κ1) is 35.6. The second-order valence-electron chi connectivity index (χ2n) is 12.1. The Morgan fingerprint density at radius 3 is 2.40 bits per heavy atom. The quantitative estimate of drug-likeness (QED) is 0.122. The smallest absolute Gasteiger partial charge is 0.127 e. The minimum absolute atomic E-state index is 0.0746. The van der Waals surface area contributed by atoms with Crippen LogP contribution in [0.4, 0.5) is 0 Å². The van der Waals surface area contributed by atoms with E-state index in [4.69, 9.17) is 33.2 Å².